The van der Waals surface area contributed by atoms with E-state index in [0.29, 0.717) is 27.5 Å². The van der Waals surface area contributed by atoms with Crippen LogP contribution in [-0.2, 0) is 29.4 Å². The molecule has 3 aromatic rings. The number of hydrogen-bond acceptors (Lipinski definition) is 4. The van der Waals surface area contributed by atoms with Crippen molar-refractivity contribution in [3.05, 3.63) is 88.0 Å². The van der Waals surface area contributed by atoms with Gasteiger partial charge in [0.25, 0.3) is 0 Å². The minimum atomic E-state index is -3.53. The normalized spacial score (nSPS) is 11.1. The summed E-state index contributed by atoms with van der Waals surface area (Å²) in [5.41, 5.74) is 3.13. The first-order valence-corrected chi connectivity index (χ1v) is 10.6. The number of nitrogens with one attached hydrogen (secondary N) is 1. The number of carbonyl (C=O) groups is 1. The van der Waals surface area contributed by atoms with Crippen LogP contribution in [-0.4, -0.2) is 23.8 Å². The Labute approximate surface area is 181 Å². The Hall–Kier alpha value is -2.19. The molecule has 0 radical (unpaired) electrons. The van der Waals surface area contributed by atoms with Gasteiger partial charge in [-0.25, -0.2) is 13.1 Å². The maximum absolute atomic E-state index is 12.8. The highest BCUT2D eigenvalue weighted by molar-refractivity contribution is 7.88. The van der Waals surface area contributed by atoms with Crippen LogP contribution in [0.25, 0.3) is 0 Å². The Morgan fingerprint density at radius 3 is 2.52 bits per heavy atom. The molecule has 29 heavy (non-hydrogen) atoms. The van der Waals surface area contributed by atoms with Gasteiger partial charge in [-0.3, -0.25) is 9.78 Å². The average Bonchev–Trinajstić information content (AvgIpc) is 2.94. The third-order valence-corrected chi connectivity index (χ3v) is 5.95. The van der Waals surface area contributed by atoms with Crippen molar-refractivity contribution < 1.29 is 13.2 Å². The molecule has 0 aliphatic rings. The summed E-state index contributed by atoms with van der Waals surface area (Å²) < 4.78 is 29.0. The van der Waals surface area contributed by atoms with Crippen LogP contribution in [0.4, 0.5) is 0 Å². The molecule has 3 rings (SSSR count). The molecular weight excluding hydrogens is 433 g/mol. The Kier molecular flexibility index (Phi) is 7.60. The molecule has 1 aromatic carbocycles. The average molecular weight is 454 g/mol. The zero-order valence-corrected chi connectivity index (χ0v) is 18.3. The number of nitrogens with zero attached hydrogens (tertiary/aromatic N) is 2. The fourth-order valence-corrected chi connectivity index (χ4v) is 4.21. The number of halogens is 2. The van der Waals surface area contributed by atoms with E-state index in [4.69, 9.17) is 11.6 Å². The zero-order valence-electron chi connectivity index (χ0n) is 15.9. The van der Waals surface area contributed by atoms with Crippen LogP contribution >= 0.6 is 24.0 Å². The number of aromatic nitrogens is 2. The van der Waals surface area contributed by atoms with Crippen molar-refractivity contribution in [3.63, 3.8) is 0 Å². The molecule has 0 atom stereocenters. The minimum absolute atomic E-state index is 0. The summed E-state index contributed by atoms with van der Waals surface area (Å²) in [6.07, 6.45) is 3.12. The maximum atomic E-state index is 12.8. The summed E-state index contributed by atoms with van der Waals surface area (Å²) in [5.74, 6) is -0.290. The van der Waals surface area contributed by atoms with Crippen molar-refractivity contribution in [3.8, 4) is 0 Å². The van der Waals surface area contributed by atoms with Crippen molar-refractivity contribution in [1.82, 2.24) is 14.3 Å². The van der Waals surface area contributed by atoms with Gasteiger partial charge in [-0.05, 0) is 54.4 Å². The predicted octanol–water partition coefficient (Wildman–Crippen LogP) is 3.65. The molecule has 154 valence electrons. The van der Waals surface area contributed by atoms with Gasteiger partial charge in [0.05, 0.1) is 18.0 Å². The fourth-order valence-electron chi connectivity index (χ4n) is 3.00. The third-order valence-electron chi connectivity index (χ3n) is 4.40. The van der Waals surface area contributed by atoms with Gasteiger partial charge in [0.2, 0.25) is 15.8 Å². The van der Waals surface area contributed by atoms with E-state index in [1.54, 1.807) is 54.2 Å². The number of hydrogen-bond donors (Lipinski definition) is 1. The van der Waals surface area contributed by atoms with Crippen molar-refractivity contribution in [2.75, 3.05) is 0 Å². The van der Waals surface area contributed by atoms with Crippen molar-refractivity contribution in [2.45, 2.75) is 19.2 Å². The van der Waals surface area contributed by atoms with E-state index in [-0.39, 0.29) is 30.5 Å². The molecule has 9 heteroatoms. The second-order valence-corrected chi connectivity index (χ2v) is 8.75. The number of carbonyl (C=O) groups excluding carboxylic acids is 1. The SMILES string of the molecule is Cc1cc(CNS(=O)(=O)Cc2cccnc2)n(C)c1C(=O)c1ccc(Cl)cc1.Cl. The van der Waals surface area contributed by atoms with Crippen molar-refractivity contribution >= 4 is 39.8 Å². The fraction of sp³-hybridized carbons (Fsp3) is 0.200. The largest absolute Gasteiger partial charge is 0.343 e. The Morgan fingerprint density at radius 1 is 1.21 bits per heavy atom. The minimum Gasteiger partial charge on any atom is -0.343 e. The van der Waals surface area contributed by atoms with Gasteiger partial charge < -0.3 is 4.57 Å². The van der Waals surface area contributed by atoms with Gasteiger partial charge in [0, 0.05) is 35.7 Å². The second kappa shape index (κ2) is 9.54. The Morgan fingerprint density at radius 2 is 1.90 bits per heavy atom. The van der Waals surface area contributed by atoms with Gasteiger partial charge in [0.15, 0.2) is 0 Å². The number of benzene rings is 1. The summed E-state index contributed by atoms with van der Waals surface area (Å²) in [6.45, 7) is 1.92. The highest BCUT2D eigenvalue weighted by Gasteiger charge is 2.20. The summed E-state index contributed by atoms with van der Waals surface area (Å²) >= 11 is 5.89. The first kappa shape index (κ1) is 23.1. The van der Waals surface area contributed by atoms with Crippen LogP contribution in [0.5, 0.6) is 0 Å². The zero-order chi connectivity index (χ0) is 20.3. The molecule has 2 heterocycles. The first-order chi connectivity index (χ1) is 13.3. The summed E-state index contributed by atoms with van der Waals surface area (Å²) in [5, 5.41) is 0.559. The van der Waals surface area contributed by atoms with Crippen LogP contribution in [0.1, 0.15) is 32.9 Å². The van der Waals surface area contributed by atoms with Crippen LogP contribution in [0.2, 0.25) is 5.02 Å². The van der Waals surface area contributed by atoms with E-state index in [0.717, 1.165) is 5.56 Å². The molecule has 0 fully saturated rings. The van der Waals surface area contributed by atoms with Gasteiger partial charge >= 0.3 is 0 Å². The molecule has 0 spiro atoms. The van der Waals surface area contributed by atoms with Crippen LogP contribution in [0.15, 0.2) is 54.9 Å². The van der Waals surface area contributed by atoms with Crippen molar-refractivity contribution in [1.29, 1.82) is 0 Å². The monoisotopic (exact) mass is 453 g/mol. The molecule has 0 aliphatic heterocycles. The summed E-state index contributed by atoms with van der Waals surface area (Å²) in [4.78, 5) is 16.8. The van der Waals surface area contributed by atoms with Crippen LogP contribution in [0.3, 0.4) is 0 Å². The van der Waals surface area contributed by atoms with Gasteiger partial charge in [0.1, 0.15) is 0 Å². The lowest BCUT2D eigenvalue weighted by Crippen LogP contribution is -2.26. The van der Waals surface area contributed by atoms with E-state index in [1.165, 1.54) is 6.20 Å². The highest BCUT2D eigenvalue weighted by atomic mass is 35.5. The maximum Gasteiger partial charge on any atom is 0.216 e. The second-order valence-electron chi connectivity index (χ2n) is 6.50. The number of sulfonamides is 1. The van der Waals surface area contributed by atoms with E-state index in [9.17, 15) is 13.2 Å². The molecule has 0 saturated carbocycles. The predicted molar refractivity (Wildman–Crippen MR) is 116 cm³/mol. The molecule has 1 N–H and O–H groups in total. The van der Waals surface area contributed by atoms with Gasteiger partial charge in [-0.1, -0.05) is 17.7 Å². The lowest BCUT2D eigenvalue weighted by Gasteiger charge is -2.10. The standard InChI is InChI=1S/C20H20ClN3O3S.ClH/c1-14-10-18(12-23-28(26,27)13-15-4-3-9-22-11-15)24(2)19(14)20(25)16-5-7-17(21)8-6-16;/h3-11,23H,12-13H2,1-2H3;1H. The molecule has 0 aliphatic carbocycles. The lowest BCUT2D eigenvalue weighted by molar-refractivity contribution is 0.103. The molecular formula is C20H21Cl2N3O3S. The van der Waals surface area contributed by atoms with E-state index in [2.05, 4.69) is 9.71 Å². The quantitative estimate of drug-likeness (QED) is 0.553. The Balaban J connectivity index is 0.00000300. The molecule has 6 nitrogen and oxygen atoms in total. The van der Waals surface area contributed by atoms with Crippen LogP contribution in [0, 0.1) is 6.92 Å². The highest BCUT2D eigenvalue weighted by Crippen LogP contribution is 2.20. The molecule has 0 unspecified atom stereocenters. The third kappa shape index (κ3) is 5.67. The molecule has 0 amide bonds. The van der Waals surface area contributed by atoms with E-state index < -0.39 is 10.0 Å². The number of pyridine rings is 1. The molecule has 0 saturated heterocycles. The number of aryl methyl sites for hydroxylation is 1. The molecule has 0 bridgehead atoms. The Bertz CT molecular complexity index is 1100. The topological polar surface area (TPSA) is 81.1 Å². The number of rotatable bonds is 7. The van der Waals surface area contributed by atoms with E-state index in [1.807, 2.05) is 13.0 Å². The first-order valence-electron chi connectivity index (χ1n) is 8.58. The lowest BCUT2D eigenvalue weighted by atomic mass is 10.1. The van der Waals surface area contributed by atoms with E-state index >= 15 is 0 Å². The summed E-state index contributed by atoms with van der Waals surface area (Å²) in [7, 11) is -1.78. The van der Waals surface area contributed by atoms with Gasteiger partial charge in [-0.2, -0.15) is 0 Å². The summed E-state index contributed by atoms with van der Waals surface area (Å²) in [6, 6.07) is 11.9. The van der Waals surface area contributed by atoms with Gasteiger partial charge in [-0.15, -0.1) is 12.4 Å². The molecule has 2 aromatic heterocycles. The van der Waals surface area contributed by atoms with Crippen molar-refractivity contribution in [2.24, 2.45) is 7.05 Å². The number of ketones is 1. The smallest absolute Gasteiger partial charge is 0.216 e. The van der Waals surface area contributed by atoms with Crippen LogP contribution < -0.4 is 4.72 Å².